The Morgan fingerprint density at radius 2 is 1.52 bits per heavy atom. The van der Waals surface area contributed by atoms with Gasteiger partial charge in [-0.25, -0.2) is 0 Å². The second kappa shape index (κ2) is 9.98. The van der Waals surface area contributed by atoms with Crippen molar-refractivity contribution in [1.82, 2.24) is 20.6 Å². The Labute approximate surface area is 169 Å². The number of nitrogens with zero attached hydrogens (tertiary/aromatic N) is 2. The van der Waals surface area contributed by atoms with E-state index in [2.05, 4.69) is 20.6 Å². The molecule has 0 fully saturated rings. The Hall–Kier alpha value is -3.74. The van der Waals surface area contributed by atoms with Crippen LogP contribution < -0.4 is 15.4 Å². The zero-order chi connectivity index (χ0) is 20.5. The third kappa shape index (κ3) is 5.87. The van der Waals surface area contributed by atoms with Gasteiger partial charge in [-0.1, -0.05) is 12.1 Å². The number of pyridine rings is 2. The molecule has 2 aromatic heterocycles. The molecule has 3 rings (SSSR count). The number of carbonyl (C=O) groups excluding carboxylic acids is 2. The molecule has 0 saturated carbocycles. The summed E-state index contributed by atoms with van der Waals surface area (Å²) < 4.78 is 5.13. The topological polar surface area (TPSA) is 93.2 Å². The first-order valence-electron chi connectivity index (χ1n) is 9.19. The molecule has 0 spiro atoms. The molecule has 148 valence electrons. The number of hydrogen-bond acceptors (Lipinski definition) is 5. The number of hydrogen-bond donors (Lipinski definition) is 2. The predicted octanol–water partition coefficient (Wildman–Crippen LogP) is 2.39. The highest BCUT2D eigenvalue weighted by atomic mass is 16.5. The number of carbonyl (C=O) groups is 2. The van der Waals surface area contributed by atoms with Crippen LogP contribution in [0.4, 0.5) is 0 Å². The lowest BCUT2D eigenvalue weighted by atomic mass is 10.1. The van der Waals surface area contributed by atoms with Crippen LogP contribution in [0.1, 0.15) is 31.8 Å². The van der Waals surface area contributed by atoms with Crippen molar-refractivity contribution in [2.24, 2.45) is 0 Å². The number of benzene rings is 1. The van der Waals surface area contributed by atoms with Crippen LogP contribution in [0.15, 0.2) is 67.3 Å². The Morgan fingerprint density at radius 1 is 0.862 bits per heavy atom. The fourth-order valence-corrected chi connectivity index (χ4v) is 2.69. The number of aromatic nitrogens is 2. The zero-order valence-corrected chi connectivity index (χ0v) is 16.1. The number of amides is 2. The molecule has 2 N–H and O–H groups in total. The molecule has 2 amide bonds. The lowest BCUT2D eigenvalue weighted by molar-refractivity contribution is 0.0950. The molecule has 3 aromatic rings. The molecule has 0 bridgehead atoms. The third-order valence-electron chi connectivity index (χ3n) is 4.32. The van der Waals surface area contributed by atoms with Gasteiger partial charge >= 0.3 is 0 Å². The molecule has 0 aliphatic carbocycles. The Morgan fingerprint density at radius 3 is 2.17 bits per heavy atom. The largest absolute Gasteiger partial charge is 0.497 e. The van der Waals surface area contributed by atoms with Gasteiger partial charge in [0.15, 0.2) is 0 Å². The molecule has 29 heavy (non-hydrogen) atoms. The van der Waals surface area contributed by atoms with Gasteiger partial charge in [-0.15, -0.1) is 0 Å². The van der Waals surface area contributed by atoms with Crippen LogP contribution in [0.25, 0.3) is 0 Å². The second-order valence-corrected chi connectivity index (χ2v) is 6.35. The first-order valence-corrected chi connectivity index (χ1v) is 9.19. The zero-order valence-electron chi connectivity index (χ0n) is 16.1. The van der Waals surface area contributed by atoms with Gasteiger partial charge in [-0.2, -0.15) is 0 Å². The maximum Gasteiger partial charge on any atom is 0.253 e. The molecule has 0 atom stereocenters. The van der Waals surface area contributed by atoms with Gasteiger partial charge in [0.1, 0.15) is 5.75 Å². The fraction of sp³-hybridized carbons (Fsp3) is 0.182. The van der Waals surface area contributed by atoms with Crippen molar-refractivity contribution in [2.75, 3.05) is 13.7 Å². The molecule has 0 saturated heterocycles. The highest BCUT2D eigenvalue weighted by Gasteiger charge is 2.11. The smallest absolute Gasteiger partial charge is 0.253 e. The molecule has 7 nitrogen and oxygen atoms in total. The van der Waals surface area contributed by atoms with E-state index < -0.39 is 0 Å². The van der Waals surface area contributed by atoms with Crippen LogP contribution >= 0.6 is 0 Å². The summed E-state index contributed by atoms with van der Waals surface area (Å²) in [5, 5.41) is 5.66. The van der Waals surface area contributed by atoms with Crippen LogP contribution in [0, 0.1) is 0 Å². The van der Waals surface area contributed by atoms with Crippen LogP contribution in [0.5, 0.6) is 5.75 Å². The summed E-state index contributed by atoms with van der Waals surface area (Å²) in [5.74, 6) is 0.236. The molecular weight excluding hydrogens is 368 g/mol. The number of rotatable bonds is 8. The first kappa shape index (κ1) is 20.0. The van der Waals surface area contributed by atoms with E-state index in [0.717, 1.165) is 16.9 Å². The molecule has 0 aliphatic heterocycles. The maximum atomic E-state index is 12.4. The predicted molar refractivity (Wildman–Crippen MR) is 109 cm³/mol. The molecule has 2 heterocycles. The SMILES string of the molecule is COc1ccc(CCNC(=O)c2cncc(C(=O)NCc3ccncc3)c2)cc1. The molecule has 0 aliphatic rings. The minimum Gasteiger partial charge on any atom is -0.497 e. The van der Waals surface area contributed by atoms with Crippen LogP contribution in [0.3, 0.4) is 0 Å². The monoisotopic (exact) mass is 390 g/mol. The van der Waals surface area contributed by atoms with Crippen LogP contribution in [0.2, 0.25) is 0 Å². The van der Waals surface area contributed by atoms with E-state index in [1.165, 1.54) is 18.5 Å². The van der Waals surface area contributed by atoms with Crippen molar-refractivity contribution in [3.63, 3.8) is 0 Å². The molecular formula is C22H22N4O3. The quantitative estimate of drug-likeness (QED) is 0.616. The van der Waals surface area contributed by atoms with E-state index in [4.69, 9.17) is 4.74 Å². The minimum atomic E-state index is -0.290. The van der Waals surface area contributed by atoms with Crippen molar-refractivity contribution in [3.8, 4) is 5.75 Å². The highest BCUT2D eigenvalue weighted by molar-refractivity contribution is 5.99. The van der Waals surface area contributed by atoms with E-state index in [9.17, 15) is 9.59 Å². The van der Waals surface area contributed by atoms with Gasteiger partial charge in [0.2, 0.25) is 0 Å². The van der Waals surface area contributed by atoms with Crippen molar-refractivity contribution < 1.29 is 14.3 Å². The van der Waals surface area contributed by atoms with Crippen molar-refractivity contribution in [2.45, 2.75) is 13.0 Å². The van der Waals surface area contributed by atoms with E-state index in [0.29, 0.717) is 30.6 Å². The van der Waals surface area contributed by atoms with E-state index in [-0.39, 0.29) is 11.8 Å². The minimum absolute atomic E-state index is 0.269. The van der Waals surface area contributed by atoms with Crippen molar-refractivity contribution in [3.05, 3.63) is 89.5 Å². The van der Waals surface area contributed by atoms with E-state index in [1.54, 1.807) is 19.5 Å². The van der Waals surface area contributed by atoms with Crippen molar-refractivity contribution >= 4 is 11.8 Å². The summed E-state index contributed by atoms with van der Waals surface area (Å²) in [7, 11) is 1.62. The fourth-order valence-electron chi connectivity index (χ4n) is 2.69. The summed E-state index contributed by atoms with van der Waals surface area (Å²) in [6.07, 6.45) is 6.91. The molecule has 1 aromatic carbocycles. The average Bonchev–Trinajstić information content (AvgIpc) is 2.78. The lowest BCUT2D eigenvalue weighted by Gasteiger charge is -2.08. The van der Waals surface area contributed by atoms with Crippen LogP contribution in [-0.4, -0.2) is 35.4 Å². The Kier molecular flexibility index (Phi) is 6.89. The van der Waals surface area contributed by atoms with Gasteiger partial charge in [0, 0.05) is 37.9 Å². The summed E-state index contributed by atoms with van der Waals surface area (Å²) in [5.41, 5.74) is 2.71. The van der Waals surface area contributed by atoms with Gasteiger partial charge in [0.05, 0.1) is 18.2 Å². The van der Waals surface area contributed by atoms with E-state index >= 15 is 0 Å². The van der Waals surface area contributed by atoms with Gasteiger partial charge in [0.25, 0.3) is 11.8 Å². The lowest BCUT2D eigenvalue weighted by Crippen LogP contribution is -2.27. The first-order chi connectivity index (χ1) is 14.2. The van der Waals surface area contributed by atoms with Gasteiger partial charge < -0.3 is 15.4 Å². The standard InChI is InChI=1S/C22H22N4O3/c1-29-20-4-2-16(3-5-20)8-11-25-21(27)18-12-19(15-24-14-18)22(28)26-13-17-6-9-23-10-7-17/h2-7,9-10,12,14-15H,8,11,13H2,1H3,(H,25,27)(H,26,28). The van der Waals surface area contributed by atoms with Gasteiger partial charge in [-0.05, 0) is 47.9 Å². The van der Waals surface area contributed by atoms with Crippen molar-refractivity contribution in [1.29, 1.82) is 0 Å². The number of nitrogens with one attached hydrogen (secondary N) is 2. The normalized spacial score (nSPS) is 10.2. The van der Waals surface area contributed by atoms with E-state index in [1.807, 2.05) is 36.4 Å². The number of ether oxygens (including phenoxy) is 1. The highest BCUT2D eigenvalue weighted by Crippen LogP contribution is 2.11. The maximum absolute atomic E-state index is 12.4. The number of methoxy groups -OCH3 is 1. The summed E-state index contributed by atoms with van der Waals surface area (Å²) in [6.45, 7) is 0.850. The molecule has 0 radical (unpaired) electrons. The Balaban J connectivity index is 1.52. The summed E-state index contributed by atoms with van der Waals surface area (Å²) in [6, 6.07) is 12.9. The average molecular weight is 390 g/mol. The molecule has 0 unspecified atom stereocenters. The second-order valence-electron chi connectivity index (χ2n) is 6.35. The Bertz CT molecular complexity index is 959. The van der Waals surface area contributed by atoms with Gasteiger partial charge in [-0.3, -0.25) is 19.6 Å². The third-order valence-corrected chi connectivity index (χ3v) is 4.32. The summed E-state index contributed by atoms with van der Waals surface area (Å²) >= 11 is 0. The summed E-state index contributed by atoms with van der Waals surface area (Å²) in [4.78, 5) is 32.7. The van der Waals surface area contributed by atoms with Crippen LogP contribution in [-0.2, 0) is 13.0 Å². The molecule has 7 heteroatoms.